The summed E-state index contributed by atoms with van der Waals surface area (Å²) in [4.78, 5) is 11.0. The van der Waals surface area contributed by atoms with Gasteiger partial charge in [0.05, 0.1) is 6.61 Å². The molecule has 0 aromatic rings. The van der Waals surface area contributed by atoms with E-state index in [4.69, 9.17) is 10.00 Å². The quantitative estimate of drug-likeness (QED) is 0.323. The number of rotatable bonds is 5. The first-order valence-electron chi connectivity index (χ1n) is 3.63. The first kappa shape index (κ1) is 10.7. The Bertz CT molecular complexity index is 176. The minimum atomic E-state index is -0.480. The van der Waals surface area contributed by atoms with Gasteiger partial charge in [0.25, 0.3) is 0 Å². The minimum Gasteiger partial charge on any atom is -0.383 e. The van der Waals surface area contributed by atoms with E-state index in [9.17, 15) is 4.79 Å². The van der Waals surface area contributed by atoms with Crippen LogP contribution in [0.2, 0.25) is 0 Å². The number of hydrogen-bond donors (Lipinski definition) is 2. The number of nitrogens with one attached hydrogen (secondary N) is 2. The summed E-state index contributed by atoms with van der Waals surface area (Å²) >= 11 is 0. The van der Waals surface area contributed by atoms with Crippen molar-refractivity contribution >= 4 is 5.91 Å². The van der Waals surface area contributed by atoms with Crippen LogP contribution in [0.5, 0.6) is 0 Å². The van der Waals surface area contributed by atoms with Crippen LogP contribution in [-0.4, -0.2) is 32.2 Å². The molecule has 0 rings (SSSR count). The third kappa shape index (κ3) is 4.52. The molecule has 1 atom stereocenters. The van der Waals surface area contributed by atoms with Crippen molar-refractivity contribution in [2.75, 3.05) is 20.3 Å². The van der Waals surface area contributed by atoms with Gasteiger partial charge in [-0.15, -0.1) is 0 Å². The molecular formula is C7H13N3O2. The number of carbonyl (C=O) groups is 1. The normalized spacial score (nSPS) is 11.4. The number of carbonyl (C=O) groups excluding carboxylic acids is 1. The second kappa shape index (κ2) is 6.43. The van der Waals surface area contributed by atoms with Gasteiger partial charge in [-0.2, -0.15) is 5.26 Å². The topological polar surface area (TPSA) is 74.2 Å². The van der Waals surface area contributed by atoms with E-state index >= 15 is 0 Å². The molecule has 12 heavy (non-hydrogen) atoms. The average Bonchev–Trinajstić information content (AvgIpc) is 2.05. The maximum atomic E-state index is 11.0. The second-order valence-electron chi connectivity index (χ2n) is 2.26. The molecule has 0 spiro atoms. The number of hydrogen-bond acceptors (Lipinski definition) is 4. The molecule has 5 heteroatoms. The second-order valence-corrected chi connectivity index (χ2v) is 2.26. The van der Waals surface area contributed by atoms with Crippen molar-refractivity contribution in [3.63, 3.8) is 0 Å². The first-order chi connectivity index (χ1) is 5.72. The van der Waals surface area contributed by atoms with E-state index in [1.165, 1.54) is 0 Å². The number of amides is 1. The highest BCUT2D eigenvalue weighted by atomic mass is 16.5. The lowest BCUT2D eigenvalue weighted by atomic mass is 10.3. The van der Waals surface area contributed by atoms with E-state index < -0.39 is 6.04 Å². The molecule has 0 aromatic carbocycles. The monoisotopic (exact) mass is 171 g/mol. The largest absolute Gasteiger partial charge is 0.383 e. The van der Waals surface area contributed by atoms with Crippen molar-refractivity contribution in [3.8, 4) is 6.19 Å². The van der Waals surface area contributed by atoms with Gasteiger partial charge in [0.2, 0.25) is 5.91 Å². The maximum absolute atomic E-state index is 11.0. The standard InChI is InChI=1S/C7H13N3O2/c1-6(10-5-8)7(11)9-3-4-12-2/h6,10H,3-4H2,1-2H3,(H,9,11). The molecular weight excluding hydrogens is 158 g/mol. The zero-order valence-corrected chi connectivity index (χ0v) is 7.26. The van der Waals surface area contributed by atoms with Crippen LogP contribution in [0.15, 0.2) is 0 Å². The molecule has 0 aliphatic heterocycles. The summed E-state index contributed by atoms with van der Waals surface area (Å²) in [6, 6.07) is -0.480. The summed E-state index contributed by atoms with van der Waals surface area (Å²) in [5.41, 5.74) is 0. The fraction of sp³-hybridized carbons (Fsp3) is 0.714. The van der Waals surface area contributed by atoms with Crippen molar-refractivity contribution in [3.05, 3.63) is 0 Å². The van der Waals surface area contributed by atoms with Crippen molar-refractivity contribution in [1.82, 2.24) is 10.6 Å². The lowest BCUT2D eigenvalue weighted by molar-refractivity contribution is -0.122. The van der Waals surface area contributed by atoms with Gasteiger partial charge in [0.1, 0.15) is 6.04 Å². The fourth-order valence-corrected chi connectivity index (χ4v) is 0.592. The number of nitrogens with zero attached hydrogens (tertiary/aromatic N) is 1. The Hall–Kier alpha value is -1.28. The Balaban J connectivity index is 3.51. The van der Waals surface area contributed by atoms with Gasteiger partial charge in [-0.25, -0.2) is 0 Å². The van der Waals surface area contributed by atoms with Crippen LogP contribution in [0, 0.1) is 11.5 Å². The van der Waals surface area contributed by atoms with Gasteiger partial charge in [0, 0.05) is 13.7 Å². The van der Waals surface area contributed by atoms with Gasteiger partial charge < -0.3 is 15.4 Å². The summed E-state index contributed by atoms with van der Waals surface area (Å²) in [5.74, 6) is -0.200. The van der Waals surface area contributed by atoms with Crippen LogP contribution >= 0.6 is 0 Å². The highest BCUT2D eigenvalue weighted by Gasteiger charge is 2.09. The summed E-state index contributed by atoms with van der Waals surface area (Å²) in [6.45, 7) is 2.56. The summed E-state index contributed by atoms with van der Waals surface area (Å²) < 4.78 is 4.73. The Morgan fingerprint density at radius 1 is 1.75 bits per heavy atom. The molecule has 0 aromatic heterocycles. The number of nitriles is 1. The molecule has 0 aliphatic rings. The third-order valence-corrected chi connectivity index (χ3v) is 1.28. The van der Waals surface area contributed by atoms with Crippen molar-refractivity contribution in [2.45, 2.75) is 13.0 Å². The van der Waals surface area contributed by atoms with Crippen molar-refractivity contribution in [1.29, 1.82) is 5.26 Å². The van der Waals surface area contributed by atoms with Crippen LogP contribution in [0.3, 0.4) is 0 Å². The van der Waals surface area contributed by atoms with Crippen LogP contribution < -0.4 is 10.6 Å². The number of ether oxygens (including phenoxy) is 1. The Morgan fingerprint density at radius 2 is 2.42 bits per heavy atom. The van der Waals surface area contributed by atoms with Crippen LogP contribution in [0.1, 0.15) is 6.92 Å². The lowest BCUT2D eigenvalue weighted by Gasteiger charge is -2.09. The molecule has 0 fully saturated rings. The maximum Gasteiger partial charge on any atom is 0.242 e. The average molecular weight is 171 g/mol. The van der Waals surface area contributed by atoms with Crippen LogP contribution in [0.25, 0.3) is 0 Å². The van der Waals surface area contributed by atoms with E-state index in [2.05, 4.69) is 10.6 Å². The number of methoxy groups -OCH3 is 1. The molecule has 0 saturated carbocycles. The summed E-state index contributed by atoms with van der Waals surface area (Å²) in [7, 11) is 1.56. The van der Waals surface area contributed by atoms with Crippen molar-refractivity contribution < 1.29 is 9.53 Å². The van der Waals surface area contributed by atoms with E-state index in [1.54, 1.807) is 20.2 Å². The Labute approximate surface area is 71.7 Å². The molecule has 0 heterocycles. The predicted molar refractivity (Wildman–Crippen MR) is 43.1 cm³/mol. The Kier molecular flexibility index (Phi) is 5.75. The van der Waals surface area contributed by atoms with Crippen LogP contribution in [0.4, 0.5) is 0 Å². The molecule has 0 radical (unpaired) electrons. The van der Waals surface area contributed by atoms with Gasteiger partial charge in [-0.1, -0.05) is 0 Å². The molecule has 5 nitrogen and oxygen atoms in total. The van der Waals surface area contributed by atoms with E-state index in [0.29, 0.717) is 13.2 Å². The van der Waals surface area contributed by atoms with Crippen LogP contribution in [-0.2, 0) is 9.53 Å². The van der Waals surface area contributed by atoms with Gasteiger partial charge in [-0.3, -0.25) is 4.79 Å². The van der Waals surface area contributed by atoms with Crippen molar-refractivity contribution in [2.24, 2.45) is 0 Å². The third-order valence-electron chi connectivity index (χ3n) is 1.28. The summed E-state index contributed by atoms with van der Waals surface area (Å²) in [5, 5.41) is 13.1. The van der Waals surface area contributed by atoms with Gasteiger partial charge in [0.15, 0.2) is 6.19 Å². The molecule has 2 N–H and O–H groups in total. The van der Waals surface area contributed by atoms with E-state index in [-0.39, 0.29) is 5.91 Å². The van der Waals surface area contributed by atoms with Gasteiger partial charge >= 0.3 is 0 Å². The highest BCUT2D eigenvalue weighted by molar-refractivity contribution is 5.81. The zero-order valence-electron chi connectivity index (χ0n) is 7.26. The molecule has 0 aliphatic carbocycles. The SMILES string of the molecule is COCCNC(=O)C(C)NC#N. The van der Waals surface area contributed by atoms with E-state index in [0.717, 1.165) is 0 Å². The molecule has 0 bridgehead atoms. The molecule has 1 unspecified atom stereocenters. The lowest BCUT2D eigenvalue weighted by Crippen LogP contribution is -2.41. The fourth-order valence-electron chi connectivity index (χ4n) is 0.592. The highest BCUT2D eigenvalue weighted by Crippen LogP contribution is 1.79. The molecule has 0 saturated heterocycles. The molecule has 1 amide bonds. The van der Waals surface area contributed by atoms with Gasteiger partial charge in [-0.05, 0) is 6.92 Å². The molecule has 68 valence electrons. The summed E-state index contributed by atoms with van der Waals surface area (Å²) in [6.07, 6.45) is 1.70. The smallest absolute Gasteiger partial charge is 0.242 e. The zero-order chi connectivity index (χ0) is 9.40. The minimum absolute atomic E-state index is 0.200. The first-order valence-corrected chi connectivity index (χ1v) is 3.63. The predicted octanol–water partition coefficient (Wildman–Crippen LogP) is -0.792. The van der Waals surface area contributed by atoms with E-state index in [1.807, 2.05) is 0 Å². The Morgan fingerprint density at radius 3 is 2.92 bits per heavy atom.